The summed E-state index contributed by atoms with van der Waals surface area (Å²) in [4.78, 5) is 11.6. The monoisotopic (exact) mass is 221 g/mol. The summed E-state index contributed by atoms with van der Waals surface area (Å²) in [6.45, 7) is 0.387. The molecule has 2 N–H and O–H groups in total. The Balaban J connectivity index is 2.15. The van der Waals surface area contributed by atoms with Crippen LogP contribution in [-0.4, -0.2) is 25.7 Å². The zero-order valence-electron chi connectivity index (χ0n) is 9.18. The van der Waals surface area contributed by atoms with E-state index >= 15 is 0 Å². The van der Waals surface area contributed by atoms with Crippen molar-refractivity contribution in [3.05, 3.63) is 29.8 Å². The molecule has 1 aliphatic heterocycles. The predicted octanol–water partition coefficient (Wildman–Crippen LogP) is 1.05. The number of hydrogen-bond donors (Lipinski definition) is 1. The molecule has 1 aliphatic rings. The average Bonchev–Trinajstić information content (AvgIpc) is 2.71. The van der Waals surface area contributed by atoms with Crippen molar-refractivity contribution in [3.63, 3.8) is 0 Å². The molecule has 0 spiro atoms. The number of cyclic esters (lactones) is 1. The molecule has 2 rings (SSSR count). The van der Waals surface area contributed by atoms with Crippen molar-refractivity contribution in [2.75, 3.05) is 13.7 Å². The van der Waals surface area contributed by atoms with E-state index in [0.717, 1.165) is 11.3 Å². The lowest BCUT2D eigenvalue weighted by atomic mass is 9.96. The zero-order chi connectivity index (χ0) is 11.5. The first-order valence-electron chi connectivity index (χ1n) is 5.29. The van der Waals surface area contributed by atoms with Gasteiger partial charge in [-0.3, -0.25) is 4.79 Å². The standard InChI is InChI=1S/C12H15NO3/c1-15-9-4-2-8(3-5-9)11-6-10(7-13)16-12(11)14/h2-5,10-11H,6-7,13H2,1H3. The van der Waals surface area contributed by atoms with Crippen LogP contribution in [0.1, 0.15) is 17.9 Å². The van der Waals surface area contributed by atoms with Gasteiger partial charge in [-0.2, -0.15) is 0 Å². The maximum Gasteiger partial charge on any atom is 0.313 e. The van der Waals surface area contributed by atoms with Crippen molar-refractivity contribution in [1.82, 2.24) is 0 Å². The van der Waals surface area contributed by atoms with Crippen LogP contribution in [0.5, 0.6) is 5.75 Å². The quantitative estimate of drug-likeness (QED) is 0.775. The van der Waals surface area contributed by atoms with E-state index in [2.05, 4.69) is 0 Å². The Hall–Kier alpha value is -1.55. The third-order valence-corrected chi connectivity index (χ3v) is 2.85. The van der Waals surface area contributed by atoms with Crippen molar-refractivity contribution in [2.24, 2.45) is 5.73 Å². The normalized spacial score (nSPS) is 24.2. The average molecular weight is 221 g/mol. The number of carbonyl (C=O) groups excluding carboxylic acids is 1. The third kappa shape index (κ3) is 2.02. The van der Waals surface area contributed by atoms with Crippen LogP contribution in [0.2, 0.25) is 0 Å². The number of carbonyl (C=O) groups is 1. The first kappa shape index (κ1) is 11.0. The van der Waals surface area contributed by atoms with Crippen LogP contribution in [0, 0.1) is 0 Å². The fraction of sp³-hybridized carbons (Fsp3) is 0.417. The Bertz CT molecular complexity index is 374. The number of rotatable bonds is 3. The fourth-order valence-corrected chi connectivity index (χ4v) is 1.91. The molecule has 0 radical (unpaired) electrons. The van der Waals surface area contributed by atoms with E-state index in [1.807, 2.05) is 24.3 Å². The number of esters is 1. The van der Waals surface area contributed by atoms with Crippen LogP contribution in [0.3, 0.4) is 0 Å². The second-order valence-electron chi connectivity index (χ2n) is 3.86. The Morgan fingerprint density at radius 2 is 2.12 bits per heavy atom. The molecule has 1 aromatic rings. The molecule has 2 unspecified atom stereocenters. The van der Waals surface area contributed by atoms with E-state index in [9.17, 15) is 4.79 Å². The summed E-state index contributed by atoms with van der Waals surface area (Å²) in [5.41, 5.74) is 6.44. The lowest BCUT2D eigenvalue weighted by molar-refractivity contribution is -0.142. The van der Waals surface area contributed by atoms with Gasteiger partial charge in [0.05, 0.1) is 13.0 Å². The Morgan fingerprint density at radius 3 is 2.62 bits per heavy atom. The number of benzene rings is 1. The van der Waals surface area contributed by atoms with Gasteiger partial charge in [-0.05, 0) is 17.7 Å². The Labute approximate surface area is 94.3 Å². The van der Waals surface area contributed by atoms with E-state index in [-0.39, 0.29) is 18.0 Å². The molecule has 1 fully saturated rings. The molecule has 0 aromatic heterocycles. The summed E-state index contributed by atoms with van der Waals surface area (Å²) in [7, 11) is 1.61. The smallest absolute Gasteiger partial charge is 0.313 e. The van der Waals surface area contributed by atoms with Crippen molar-refractivity contribution >= 4 is 5.97 Å². The van der Waals surface area contributed by atoms with Crippen LogP contribution >= 0.6 is 0 Å². The van der Waals surface area contributed by atoms with Crippen LogP contribution < -0.4 is 10.5 Å². The minimum absolute atomic E-state index is 0.139. The Morgan fingerprint density at radius 1 is 1.44 bits per heavy atom. The summed E-state index contributed by atoms with van der Waals surface area (Å²) in [6.07, 6.45) is 0.529. The molecule has 0 bridgehead atoms. The maximum absolute atomic E-state index is 11.6. The molecule has 2 atom stereocenters. The first-order chi connectivity index (χ1) is 7.74. The SMILES string of the molecule is COc1ccc(C2CC(CN)OC2=O)cc1. The highest BCUT2D eigenvalue weighted by Crippen LogP contribution is 2.31. The molecular formula is C12H15NO3. The molecule has 0 amide bonds. The molecule has 0 aliphatic carbocycles. The van der Waals surface area contributed by atoms with Gasteiger partial charge in [0, 0.05) is 13.0 Å². The first-order valence-corrected chi connectivity index (χ1v) is 5.29. The van der Waals surface area contributed by atoms with E-state index < -0.39 is 0 Å². The molecule has 1 aromatic carbocycles. The summed E-state index contributed by atoms with van der Waals surface area (Å²) in [6, 6.07) is 7.48. The van der Waals surface area contributed by atoms with Gasteiger partial charge < -0.3 is 15.2 Å². The van der Waals surface area contributed by atoms with Crippen LogP contribution in [0.25, 0.3) is 0 Å². The van der Waals surface area contributed by atoms with Gasteiger partial charge in [-0.1, -0.05) is 12.1 Å². The van der Waals surface area contributed by atoms with E-state index in [1.165, 1.54) is 0 Å². The minimum atomic E-state index is -0.181. The molecule has 16 heavy (non-hydrogen) atoms. The molecule has 0 saturated carbocycles. The topological polar surface area (TPSA) is 61.6 Å². The third-order valence-electron chi connectivity index (χ3n) is 2.85. The largest absolute Gasteiger partial charge is 0.497 e. The second kappa shape index (κ2) is 4.53. The van der Waals surface area contributed by atoms with Gasteiger partial charge in [-0.25, -0.2) is 0 Å². The van der Waals surface area contributed by atoms with Crippen molar-refractivity contribution in [2.45, 2.75) is 18.4 Å². The molecule has 86 valence electrons. The van der Waals surface area contributed by atoms with Crippen LogP contribution in [0.4, 0.5) is 0 Å². The van der Waals surface area contributed by atoms with Crippen LogP contribution in [0.15, 0.2) is 24.3 Å². The molecule has 1 heterocycles. The van der Waals surface area contributed by atoms with Crippen molar-refractivity contribution in [3.8, 4) is 5.75 Å². The summed E-state index contributed by atoms with van der Waals surface area (Å²) in [5, 5.41) is 0. The number of nitrogens with two attached hydrogens (primary N) is 1. The van der Waals surface area contributed by atoms with Gasteiger partial charge in [0.2, 0.25) is 0 Å². The number of ether oxygens (including phenoxy) is 2. The van der Waals surface area contributed by atoms with Gasteiger partial charge in [0.15, 0.2) is 0 Å². The fourth-order valence-electron chi connectivity index (χ4n) is 1.91. The van der Waals surface area contributed by atoms with Gasteiger partial charge in [0.1, 0.15) is 11.9 Å². The second-order valence-corrected chi connectivity index (χ2v) is 3.86. The van der Waals surface area contributed by atoms with Gasteiger partial charge in [-0.15, -0.1) is 0 Å². The molecule has 4 heteroatoms. The highest BCUT2D eigenvalue weighted by molar-refractivity contribution is 5.80. The van der Waals surface area contributed by atoms with Gasteiger partial charge in [0.25, 0.3) is 0 Å². The predicted molar refractivity (Wildman–Crippen MR) is 59.3 cm³/mol. The van der Waals surface area contributed by atoms with Crippen LogP contribution in [-0.2, 0) is 9.53 Å². The number of methoxy groups -OCH3 is 1. The van der Waals surface area contributed by atoms with E-state index in [4.69, 9.17) is 15.2 Å². The molecule has 1 saturated heterocycles. The van der Waals surface area contributed by atoms with Crippen molar-refractivity contribution < 1.29 is 14.3 Å². The maximum atomic E-state index is 11.6. The lowest BCUT2D eigenvalue weighted by Gasteiger charge is -2.06. The lowest BCUT2D eigenvalue weighted by Crippen LogP contribution is -2.18. The summed E-state index contributed by atoms with van der Waals surface area (Å²) >= 11 is 0. The van der Waals surface area contributed by atoms with E-state index in [0.29, 0.717) is 13.0 Å². The minimum Gasteiger partial charge on any atom is -0.497 e. The summed E-state index contributed by atoms with van der Waals surface area (Å²) in [5.74, 6) is 0.422. The highest BCUT2D eigenvalue weighted by atomic mass is 16.6. The van der Waals surface area contributed by atoms with Crippen molar-refractivity contribution in [1.29, 1.82) is 0 Å². The zero-order valence-corrected chi connectivity index (χ0v) is 9.18. The molecule has 4 nitrogen and oxygen atoms in total. The summed E-state index contributed by atoms with van der Waals surface area (Å²) < 4.78 is 10.2. The molecular weight excluding hydrogens is 206 g/mol. The van der Waals surface area contributed by atoms with E-state index in [1.54, 1.807) is 7.11 Å². The number of hydrogen-bond acceptors (Lipinski definition) is 4. The van der Waals surface area contributed by atoms with Gasteiger partial charge >= 0.3 is 5.97 Å². The highest BCUT2D eigenvalue weighted by Gasteiger charge is 2.34. The Kier molecular flexibility index (Phi) is 3.10.